The van der Waals surface area contributed by atoms with Crippen molar-refractivity contribution in [3.05, 3.63) is 71.8 Å². The molecule has 0 radical (unpaired) electrons. The van der Waals surface area contributed by atoms with Gasteiger partial charge in [0.05, 0.1) is 0 Å². The van der Waals surface area contributed by atoms with Gasteiger partial charge in [0.15, 0.2) is 0 Å². The average Bonchev–Trinajstić information content (AvgIpc) is 2.66. The molecule has 1 atom stereocenters. The molecule has 3 rings (SSSR count). The molecule has 0 amide bonds. The number of likely N-dealkylation sites (tertiary alicyclic amines) is 1. The minimum Gasteiger partial charge on any atom is -0.463 e. The summed E-state index contributed by atoms with van der Waals surface area (Å²) in [6.07, 6.45) is 6.14. The van der Waals surface area contributed by atoms with Crippen LogP contribution in [0, 0.1) is 0 Å². The lowest BCUT2D eigenvalue weighted by Gasteiger charge is -2.30. The number of esters is 1. The highest BCUT2D eigenvalue weighted by molar-refractivity contribution is 5.82. The van der Waals surface area contributed by atoms with Gasteiger partial charge in [-0.2, -0.15) is 0 Å². The molecule has 2 aromatic carbocycles. The fraction of sp³-hybridized carbons (Fsp3) is 0.435. The lowest BCUT2D eigenvalue weighted by Crippen LogP contribution is -2.38. The van der Waals surface area contributed by atoms with E-state index in [9.17, 15) is 4.79 Å². The Bertz CT molecular complexity index is 632. The standard InChI is InChI=1S/C23H29NO2/c1-24-17-11-3-2-10-16-21(24)18-26-23(25)22(19-12-6-4-7-13-19)20-14-8-5-9-15-20/h4-9,12-15,21-22H,2-3,10-11,16-18H2,1H3/t21-/m1/s1. The van der Waals surface area contributed by atoms with Crippen molar-refractivity contribution in [3.8, 4) is 0 Å². The van der Waals surface area contributed by atoms with Crippen LogP contribution in [0.1, 0.15) is 49.1 Å². The van der Waals surface area contributed by atoms with Crippen molar-refractivity contribution >= 4 is 5.97 Å². The number of hydrogen-bond acceptors (Lipinski definition) is 3. The first kappa shape index (κ1) is 18.7. The molecule has 0 saturated carbocycles. The third-order valence-electron chi connectivity index (χ3n) is 5.34. The Morgan fingerprint density at radius 2 is 1.54 bits per heavy atom. The zero-order chi connectivity index (χ0) is 18.2. The average molecular weight is 351 g/mol. The summed E-state index contributed by atoms with van der Waals surface area (Å²) in [6.45, 7) is 1.56. The van der Waals surface area contributed by atoms with Crippen LogP contribution >= 0.6 is 0 Å². The summed E-state index contributed by atoms with van der Waals surface area (Å²) in [6, 6.07) is 20.2. The number of ether oxygens (including phenoxy) is 1. The minimum absolute atomic E-state index is 0.155. The molecule has 1 aliphatic rings. The lowest BCUT2D eigenvalue weighted by atomic mass is 9.91. The number of likely N-dealkylation sites (N-methyl/N-ethyl adjacent to an activating group) is 1. The van der Waals surface area contributed by atoms with E-state index in [-0.39, 0.29) is 11.9 Å². The smallest absolute Gasteiger partial charge is 0.317 e. The Labute approximate surface area is 157 Å². The molecule has 138 valence electrons. The minimum atomic E-state index is -0.365. The molecule has 0 N–H and O–H groups in total. The Balaban J connectivity index is 1.71. The molecule has 1 heterocycles. The topological polar surface area (TPSA) is 29.5 Å². The van der Waals surface area contributed by atoms with Gasteiger partial charge in [-0.05, 0) is 37.6 Å². The summed E-state index contributed by atoms with van der Waals surface area (Å²) in [7, 11) is 2.15. The summed E-state index contributed by atoms with van der Waals surface area (Å²) < 4.78 is 5.84. The van der Waals surface area contributed by atoms with Crippen LogP contribution in [0.4, 0.5) is 0 Å². The van der Waals surface area contributed by atoms with E-state index in [2.05, 4.69) is 11.9 Å². The molecule has 1 saturated heterocycles. The number of hydrogen-bond donors (Lipinski definition) is 0. The first-order chi connectivity index (χ1) is 12.8. The van der Waals surface area contributed by atoms with Crippen LogP contribution in [-0.4, -0.2) is 37.1 Å². The van der Waals surface area contributed by atoms with Gasteiger partial charge in [0, 0.05) is 6.04 Å². The summed E-state index contributed by atoms with van der Waals surface area (Å²) >= 11 is 0. The maximum atomic E-state index is 13.0. The van der Waals surface area contributed by atoms with E-state index in [1.54, 1.807) is 0 Å². The van der Waals surface area contributed by atoms with Crippen LogP contribution in [0.25, 0.3) is 0 Å². The molecule has 0 aliphatic carbocycles. The van der Waals surface area contributed by atoms with Gasteiger partial charge in [-0.15, -0.1) is 0 Å². The predicted octanol–water partition coefficient (Wildman–Crippen LogP) is 4.63. The fourth-order valence-electron chi connectivity index (χ4n) is 3.73. The van der Waals surface area contributed by atoms with Crippen molar-refractivity contribution in [2.75, 3.05) is 20.2 Å². The summed E-state index contributed by atoms with van der Waals surface area (Å²) in [5.41, 5.74) is 1.96. The number of carbonyl (C=O) groups excluding carboxylic acids is 1. The molecule has 0 spiro atoms. The zero-order valence-corrected chi connectivity index (χ0v) is 15.6. The Kier molecular flexibility index (Phi) is 6.84. The summed E-state index contributed by atoms with van der Waals surface area (Å²) in [5.74, 6) is -0.519. The highest BCUT2D eigenvalue weighted by Gasteiger charge is 2.26. The predicted molar refractivity (Wildman–Crippen MR) is 105 cm³/mol. The van der Waals surface area contributed by atoms with Crippen molar-refractivity contribution < 1.29 is 9.53 Å². The van der Waals surface area contributed by atoms with E-state index in [1.165, 1.54) is 25.7 Å². The first-order valence-corrected chi connectivity index (χ1v) is 9.72. The molecule has 2 aromatic rings. The van der Waals surface area contributed by atoms with Crippen LogP contribution in [0.2, 0.25) is 0 Å². The van der Waals surface area contributed by atoms with Crippen LogP contribution in [0.5, 0.6) is 0 Å². The van der Waals surface area contributed by atoms with Crippen LogP contribution < -0.4 is 0 Å². The van der Waals surface area contributed by atoms with Gasteiger partial charge in [-0.25, -0.2) is 0 Å². The van der Waals surface area contributed by atoms with Gasteiger partial charge in [-0.3, -0.25) is 4.79 Å². The van der Waals surface area contributed by atoms with Crippen molar-refractivity contribution in [3.63, 3.8) is 0 Å². The van der Waals surface area contributed by atoms with E-state index in [1.807, 2.05) is 60.7 Å². The van der Waals surface area contributed by atoms with Crippen molar-refractivity contribution in [1.29, 1.82) is 0 Å². The normalized spacial score (nSPS) is 18.9. The highest BCUT2D eigenvalue weighted by Crippen LogP contribution is 2.26. The Hall–Kier alpha value is -2.13. The number of carbonyl (C=O) groups is 1. The van der Waals surface area contributed by atoms with Gasteiger partial charge in [0.1, 0.15) is 12.5 Å². The number of rotatable bonds is 5. The number of benzene rings is 2. The van der Waals surface area contributed by atoms with Crippen molar-refractivity contribution in [2.24, 2.45) is 0 Å². The van der Waals surface area contributed by atoms with Gasteiger partial charge in [0.2, 0.25) is 0 Å². The second-order valence-electron chi connectivity index (χ2n) is 7.22. The molecular formula is C23H29NO2. The molecule has 26 heavy (non-hydrogen) atoms. The van der Waals surface area contributed by atoms with Crippen molar-refractivity contribution in [1.82, 2.24) is 4.90 Å². The third kappa shape index (κ3) is 4.95. The summed E-state index contributed by atoms with van der Waals surface area (Å²) in [5, 5.41) is 0. The molecule has 3 nitrogen and oxygen atoms in total. The molecule has 3 heteroatoms. The maximum absolute atomic E-state index is 13.0. The lowest BCUT2D eigenvalue weighted by molar-refractivity contribution is -0.146. The first-order valence-electron chi connectivity index (χ1n) is 9.72. The Morgan fingerprint density at radius 3 is 2.15 bits per heavy atom. The van der Waals surface area contributed by atoms with Crippen LogP contribution in [0.3, 0.4) is 0 Å². The SMILES string of the molecule is CN1CCCCCC[C@@H]1COC(=O)C(c1ccccc1)c1ccccc1. The maximum Gasteiger partial charge on any atom is 0.317 e. The molecule has 0 aromatic heterocycles. The molecular weight excluding hydrogens is 322 g/mol. The van der Waals surface area contributed by atoms with Crippen molar-refractivity contribution in [2.45, 2.75) is 44.1 Å². The van der Waals surface area contributed by atoms with E-state index in [0.29, 0.717) is 12.6 Å². The van der Waals surface area contributed by atoms with Gasteiger partial charge in [-0.1, -0.05) is 79.9 Å². The fourth-order valence-corrected chi connectivity index (χ4v) is 3.73. The van der Waals surface area contributed by atoms with Gasteiger partial charge in [0.25, 0.3) is 0 Å². The van der Waals surface area contributed by atoms with E-state index < -0.39 is 0 Å². The Morgan fingerprint density at radius 1 is 0.962 bits per heavy atom. The number of nitrogens with zero attached hydrogens (tertiary/aromatic N) is 1. The second-order valence-corrected chi connectivity index (χ2v) is 7.22. The molecule has 0 bridgehead atoms. The molecule has 0 unspecified atom stereocenters. The quantitative estimate of drug-likeness (QED) is 0.736. The van der Waals surface area contributed by atoms with Gasteiger partial charge < -0.3 is 9.64 Å². The van der Waals surface area contributed by atoms with Gasteiger partial charge >= 0.3 is 5.97 Å². The van der Waals surface area contributed by atoms with E-state index in [0.717, 1.165) is 24.1 Å². The molecule has 1 aliphatic heterocycles. The third-order valence-corrected chi connectivity index (χ3v) is 5.34. The largest absolute Gasteiger partial charge is 0.463 e. The van der Waals surface area contributed by atoms with Crippen LogP contribution in [-0.2, 0) is 9.53 Å². The monoisotopic (exact) mass is 351 g/mol. The second kappa shape index (κ2) is 9.54. The van der Waals surface area contributed by atoms with E-state index in [4.69, 9.17) is 4.74 Å². The van der Waals surface area contributed by atoms with Crippen LogP contribution in [0.15, 0.2) is 60.7 Å². The molecule has 1 fully saturated rings. The highest BCUT2D eigenvalue weighted by atomic mass is 16.5. The zero-order valence-electron chi connectivity index (χ0n) is 15.6. The van der Waals surface area contributed by atoms with E-state index >= 15 is 0 Å². The summed E-state index contributed by atoms with van der Waals surface area (Å²) in [4.78, 5) is 15.4.